The maximum absolute atomic E-state index is 12.2. The van der Waals surface area contributed by atoms with E-state index < -0.39 is 0 Å². The number of carbonyl (C=O) groups is 1. The summed E-state index contributed by atoms with van der Waals surface area (Å²) in [6.45, 7) is 0. The van der Waals surface area contributed by atoms with Crippen molar-refractivity contribution in [3.8, 4) is 0 Å². The minimum Gasteiger partial charge on any atom is -0.399 e. The zero-order chi connectivity index (χ0) is 14.1. The van der Waals surface area contributed by atoms with E-state index in [2.05, 4.69) is 15.3 Å². The molecule has 0 spiro atoms. The summed E-state index contributed by atoms with van der Waals surface area (Å²) < 4.78 is 0. The number of nitrogens with two attached hydrogens (primary N) is 1. The molecular formula is C14H11ClN4O. The molecule has 4 N–H and O–H groups in total. The summed E-state index contributed by atoms with van der Waals surface area (Å²) >= 11 is 5.85. The Labute approximate surface area is 119 Å². The molecule has 0 aliphatic rings. The lowest BCUT2D eigenvalue weighted by atomic mass is 10.1. The number of aromatic amines is 1. The van der Waals surface area contributed by atoms with Gasteiger partial charge in [-0.3, -0.25) is 4.79 Å². The molecule has 0 aliphatic heterocycles. The Morgan fingerprint density at radius 3 is 2.95 bits per heavy atom. The molecule has 100 valence electrons. The Kier molecular flexibility index (Phi) is 3.04. The quantitative estimate of drug-likeness (QED) is 0.633. The molecule has 0 atom stereocenters. The average molecular weight is 287 g/mol. The van der Waals surface area contributed by atoms with Crippen molar-refractivity contribution < 1.29 is 4.79 Å². The van der Waals surface area contributed by atoms with Crippen LogP contribution in [0.25, 0.3) is 10.9 Å². The van der Waals surface area contributed by atoms with Crippen LogP contribution < -0.4 is 11.1 Å². The molecule has 0 unspecified atom stereocenters. The molecule has 0 radical (unpaired) electrons. The maximum Gasteiger partial charge on any atom is 0.258 e. The number of amides is 1. The van der Waals surface area contributed by atoms with Crippen LogP contribution in [0.3, 0.4) is 0 Å². The third-order valence-electron chi connectivity index (χ3n) is 2.91. The number of pyridine rings is 1. The van der Waals surface area contributed by atoms with E-state index in [0.717, 1.165) is 10.9 Å². The van der Waals surface area contributed by atoms with Gasteiger partial charge in [-0.2, -0.15) is 0 Å². The van der Waals surface area contributed by atoms with Crippen LogP contribution >= 0.6 is 11.6 Å². The van der Waals surface area contributed by atoms with Crippen LogP contribution in [0.4, 0.5) is 11.5 Å². The first kappa shape index (κ1) is 12.5. The maximum atomic E-state index is 12.2. The van der Waals surface area contributed by atoms with Gasteiger partial charge in [-0.25, -0.2) is 4.98 Å². The van der Waals surface area contributed by atoms with Gasteiger partial charge >= 0.3 is 0 Å². The second-order valence-corrected chi connectivity index (χ2v) is 4.76. The number of nitrogens with zero attached hydrogens (tertiary/aromatic N) is 1. The lowest BCUT2D eigenvalue weighted by Crippen LogP contribution is -2.12. The summed E-state index contributed by atoms with van der Waals surface area (Å²) in [6, 6.07) is 8.58. The second kappa shape index (κ2) is 4.86. The van der Waals surface area contributed by atoms with Gasteiger partial charge in [0.05, 0.1) is 5.56 Å². The average Bonchev–Trinajstić information content (AvgIpc) is 2.81. The van der Waals surface area contributed by atoms with Crippen LogP contribution in [0.1, 0.15) is 10.4 Å². The van der Waals surface area contributed by atoms with Crippen LogP contribution in [-0.4, -0.2) is 15.9 Å². The highest BCUT2D eigenvalue weighted by atomic mass is 35.5. The fraction of sp³-hybridized carbons (Fsp3) is 0. The zero-order valence-electron chi connectivity index (χ0n) is 10.4. The second-order valence-electron chi connectivity index (χ2n) is 4.32. The number of hydrogen-bond acceptors (Lipinski definition) is 3. The highest BCUT2D eigenvalue weighted by molar-refractivity contribution is 6.30. The Balaban J connectivity index is 1.93. The first-order valence-electron chi connectivity index (χ1n) is 5.93. The number of H-pyrrole nitrogens is 1. The molecule has 5 nitrogen and oxygen atoms in total. The smallest absolute Gasteiger partial charge is 0.258 e. The molecular weight excluding hydrogens is 276 g/mol. The predicted octanol–water partition coefficient (Wildman–Crippen LogP) is 3.05. The van der Waals surface area contributed by atoms with Gasteiger partial charge in [-0.15, -0.1) is 0 Å². The van der Waals surface area contributed by atoms with Crippen LogP contribution in [0.15, 0.2) is 42.7 Å². The molecule has 1 aromatic carbocycles. The molecule has 0 aliphatic carbocycles. The lowest BCUT2D eigenvalue weighted by molar-refractivity contribution is 0.102. The molecule has 6 heteroatoms. The predicted molar refractivity (Wildman–Crippen MR) is 79.9 cm³/mol. The van der Waals surface area contributed by atoms with Crippen LogP contribution in [0.5, 0.6) is 0 Å². The van der Waals surface area contributed by atoms with Gasteiger partial charge in [0.1, 0.15) is 5.82 Å². The summed E-state index contributed by atoms with van der Waals surface area (Å²) in [5, 5.41) is 4.03. The molecule has 2 aromatic heterocycles. The van der Waals surface area contributed by atoms with E-state index in [9.17, 15) is 4.79 Å². The molecule has 20 heavy (non-hydrogen) atoms. The SMILES string of the molecule is Nc1ccc2c(C(=O)Nc3cc(Cl)ccn3)c[nH]c2c1. The van der Waals surface area contributed by atoms with E-state index >= 15 is 0 Å². The van der Waals surface area contributed by atoms with Gasteiger partial charge < -0.3 is 16.0 Å². The topological polar surface area (TPSA) is 83.8 Å². The number of carbonyl (C=O) groups excluding carboxylic acids is 1. The van der Waals surface area contributed by atoms with Crippen molar-refractivity contribution >= 4 is 39.9 Å². The third kappa shape index (κ3) is 2.31. The van der Waals surface area contributed by atoms with Crippen molar-refractivity contribution in [2.45, 2.75) is 0 Å². The van der Waals surface area contributed by atoms with Gasteiger partial charge in [-0.05, 0) is 30.3 Å². The molecule has 3 rings (SSSR count). The summed E-state index contributed by atoms with van der Waals surface area (Å²) in [7, 11) is 0. The molecule has 0 bridgehead atoms. The zero-order valence-corrected chi connectivity index (χ0v) is 11.1. The van der Waals surface area contributed by atoms with E-state index in [4.69, 9.17) is 17.3 Å². The van der Waals surface area contributed by atoms with Gasteiger partial charge in [0.25, 0.3) is 5.91 Å². The van der Waals surface area contributed by atoms with Crippen molar-refractivity contribution in [1.29, 1.82) is 0 Å². The number of halogens is 1. The summed E-state index contributed by atoms with van der Waals surface area (Å²) in [5.41, 5.74) is 7.69. The summed E-state index contributed by atoms with van der Waals surface area (Å²) in [4.78, 5) is 19.3. The fourth-order valence-corrected chi connectivity index (χ4v) is 2.15. The number of nitrogen functional groups attached to an aromatic ring is 1. The normalized spacial score (nSPS) is 10.7. The van der Waals surface area contributed by atoms with E-state index in [-0.39, 0.29) is 5.91 Å². The van der Waals surface area contributed by atoms with E-state index in [1.165, 1.54) is 6.20 Å². The van der Waals surface area contributed by atoms with E-state index in [0.29, 0.717) is 22.1 Å². The molecule has 1 amide bonds. The standard InChI is InChI=1S/C14H11ClN4O/c15-8-3-4-17-13(5-8)19-14(20)11-7-18-12-6-9(16)1-2-10(11)12/h1-7,18H,16H2,(H,17,19,20). The van der Waals surface area contributed by atoms with Crippen molar-refractivity contribution in [2.24, 2.45) is 0 Å². The van der Waals surface area contributed by atoms with E-state index in [1.54, 1.807) is 30.5 Å². The molecule has 0 saturated carbocycles. The Morgan fingerprint density at radius 1 is 1.30 bits per heavy atom. The van der Waals surface area contributed by atoms with Gasteiger partial charge in [-0.1, -0.05) is 11.6 Å². The number of fused-ring (bicyclic) bond motifs is 1. The highest BCUT2D eigenvalue weighted by Crippen LogP contribution is 2.21. The van der Waals surface area contributed by atoms with Crippen molar-refractivity contribution in [3.63, 3.8) is 0 Å². The first-order valence-corrected chi connectivity index (χ1v) is 6.31. The fourth-order valence-electron chi connectivity index (χ4n) is 1.99. The molecule has 0 fully saturated rings. The highest BCUT2D eigenvalue weighted by Gasteiger charge is 2.12. The van der Waals surface area contributed by atoms with Crippen molar-refractivity contribution in [3.05, 3.63) is 53.3 Å². The van der Waals surface area contributed by atoms with Gasteiger partial charge in [0.2, 0.25) is 0 Å². The Morgan fingerprint density at radius 2 is 2.15 bits per heavy atom. The minimum atomic E-state index is -0.254. The minimum absolute atomic E-state index is 0.254. The molecule has 2 heterocycles. The number of aromatic nitrogens is 2. The lowest BCUT2D eigenvalue weighted by Gasteiger charge is -2.03. The monoisotopic (exact) mass is 286 g/mol. The number of hydrogen-bond donors (Lipinski definition) is 3. The van der Waals surface area contributed by atoms with Gasteiger partial charge in [0, 0.05) is 34.0 Å². The number of nitrogens with one attached hydrogen (secondary N) is 2. The van der Waals surface area contributed by atoms with Crippen LogP contribution in [0, 0.1) is 0 Å². The number of benzene rings is 1. The van der Waals surface area contributed by atoms with Gasteiger partial charge in [0.15, 0.2) is 0 Å². The largest absolute Gasteiger partial charge is 0.399 e. The Hall–Kier alpha value is -2.53. The number of rotatable bonds is 2. The van der Waals surface area contributed by atoms with Crippen LogP contribution in [-0.2, 0) is 0 Å². The Bertz CT molecular complexity index is 797. The van der Waals surface area contributed by atoms with Crippen LogP contribution in [0.2, 0.25) is 5.02 Å². The first-order chi connectivity index (χ1) is 9.63. The molecule has 0 saturated heterocycles. The third-order valence-corrected chi connectivity index (χ3v) is 3.15. The number of anilines is 2. The summed E-state index contributed by atoms with van der Waals surface area (Å²) in [5.74, 6) is 0.156. The molecule has 3 aromatic rings. The van der Waals surface area contributed by atoms with Crippen molar-refractivity contribution in [1.82, 2.24) is 9.97 Å². The summed E-state index contributed by atoms with van der Waals surface area (Å²) in [6.07, 6.45) is 3.18. The van der Waals surface area contributed by atoms with E-state index in [1.807, 2.05) is 6.07 Å². The van der Waals surface area contributed by atoms with Crippen molar-refractivity contribution in [2.75, 3.05) is 11.1 Å².